The molecule has 100 valence electrons. The van der Waals surface area contributed by atoms with E-state index in [0.29, 0.717) is 14.7 Å². The van der Waals surface area contributed by atoms with E-state index in [1.807, 2.05) is 0 Å². The molecule has 0 aromatic heterocycles. The Kier molecular flexibility index (Phi) is 4.42. The van der Waals surface area contributed by atoms with Crippen LogP contribution in [-0.4, -0.2) is 0 Å². The first kappa shape index (κ1) is 14.3. The van der Waals surface area contributed by atoms with Crippen LogP contribution >= 0.6 is 31.9 Å². The summed E-state index contributed by atoms with van der Waals surface area (Å²) in [6, 6.07) is 7.01. The van der Waals surface area contributed by atoms with Gasteiger partial charge in [0.05, 0.1) is 14.6 Å². The van der Waals surface area contributed by atoms with E-state index in [1.165, 1.54) is 18.2 Å². The van der Waals surface area contributed by atoms with Crippen molar-refractivity contribution in [2.75, 3.05) is 5.73 Å². The summed E-state index contributed by atoms with van der Waals surface area (Å²) in [4.78, 5) is 0. The van der Waals surface area contributed by atoms with Crippen molar-refractivity contribution in [2.45, 2.75) is 6.61 Å². The second-order valence-electron chi connectivity index (χ2n) is 3.84. The standard InChI is InChI=1S/C13H9Br2F2NO/c14-9-3-7(1-2-11(9)17)6-19-13-10(15)4-8(16)5-12(13)18/h1-5H,6,18H2. The predicted molar refractivity (Wildman–Crippen MR) is 76.9 cm³/mol. The molecule has 0 aliphatic carbocycles. The third-order valence-corrected chi connectivity index (χ3v) is 3.60. The molecule has 0 saturated heterocycles. The maximum absolute atomic E-state index is 13.1. The Morgan fingerprint density at radius 3 is 2.42 bits per heavy atom. The molecule has 0 fully saturated rings. The number of nitrogens with two attached hydrogens (primary N) is 1. The molecule has 0 unspecified atom stereocenters. The van der Waals surface area contributed by atoms with Crippen molar-refractivity contribution in [3.8, 4) is 5.75 Å². The van der Waals surface area contributed by atoms with Crippen LogP contribution in [-0.2, 0) is 6.61 Å². The Labute approximate surface area is 125 Å². The van der Waals surface area contributed by atoms with E-state index in [4.69, 9.17) is 10.5 Å². The summed E-state index contributed by atoms with van der Waals surface area (Å²) >= 11 is 6.28. The smallest absolute Gasteiger partial charge is 0.157 e. The second kappa shape index (κ2) is 5.88. The van der Waals surface area contributed by atoms with Gasteiger partial charge in [0.25, 0.3) is 0 Å². The summed E-state index contributed by atoms with van der Waals surface area (Å²) < 4.78 is 32.5. The average Bonchev–Trinajstić information content (AvgIpc) is 2.32. The van der Waals surface area contributed by atoms with Gasteiger partial charge in [-0.15, -0.1) is 0 Å². The van der Waals surface area contributed by atoms with E-state index in [9.17, 15) is 8.78 Å². The van der Waals surface area contributed by atoms with Crippen LogP contribution in [0.3, 0.4) is 0 Å². The van der Waals surface area contributed by atoms with Gasteiger partial charge in [0.15, 0.2) is 5.75 Å². The minimum atomic E-state index is -0.443. The molecule has 2 nitrogen and oxygen atoms in total. The van der Waals surface area contributed by atoms with Gasteiger partial charge in [-0.2, -0.15) is 0 Å². The molecule has 0 amide bonds. The molecule has 0 bridgehead atoms. The predicted octanol–water partition coefficient (Wildman–Crippen LogP) is 4.65. The van der Waals surface area contributed by atoms with Crippen molar-refractivity contribution in [3.05, 3.63) is 56.5 Å². The van der Waals surface area contributed by atoms with Crippen LogP contribution in [0.15, 0.2) is 39.3 Å². The largest absolute Gasteiger partial charge is 0.486 e. The molecule has 2 N–H and O–H groups in total. The lowest BCUT2D eigenvalue weighted by Crippen LogP contribution is -2.00. The van der Waals surface area contributed by atoms with Crippen molar-refractivity contribution in [1.29, 1.82) is 0 Å². The lowest BCUT2D eigenvalue weighted by molar-refractivity contribution is 0.305. The van der Waals surface area contributed by atoms with Gasteiger partial charge in [-0.3, -0.25) is 0 Å². The molecule has 0 heterocycles. The zero-order chi connectivity index (χ0) is 14.0. The Morgan fingerprint density at radius 2 is 1.79 bits per heavy atom. The number of ether oxygens (including phenoxy) is 1. The number of anilines is 1. The molecule has 2 aromatic rings. The van der Waals surface area contributed by atoms with Gasteiger partial charge in [0.2, 0.25) is 0 Å². The third kappa shape index (κ3) is 3.45. The average molecular weight is 393 g/mol. The normalized spacial score (nSPS) is 10.5. The van der Waals surface area contributed by atoms with Gasteiger partial charge in [0, 0.05) is 6.07 Å². The molecule has 6 heteroatoms. The highest BCUT2D eigenvalue weighted by atomic mass is 79.9. The van der Waals surface area contributed by atoms with Crippen molar-refractivity contribution < 1.29 is 13.5 Å². The molecule has 19 heavy (non-hydrogen) atoms. The fourth-order valence-electron chi connectivity index (χ4n) is 1.52. The number of hydrogen-bond acceptors (Lipinski definition) is 2. The van der Waals surface area contributed by atoms with Crippen LogP contribution in [0, 0.1) is 11.6 Å². The fourth-order valence-corrected chi connectivity index (χ4v) is 2.51. The van der Waals surface area contributed by atoms with Crippen LogP contribution in [0.4, 0.5) is 14.5 Å². The number of hydrogen-bond donors (Lipinski definition) is 1. The Morgan fingerprint density at radius 1 is 1.05 bits per heavy atom. The first-order chi connectivity index (χ1) is 8.97. The van der Waals surface area contributed by atoms with Gasteiger partial charge >= 0.3 is 0 Å². The Balaban J connectivity index is 2.16. The molecule has 0 aliphatic heterocycles. The fraction of sp³-hybridized carbons (Fsp3) is 0.0769. The van der Waals surface area contributed by atoms with E-state index >= 15 is 0 Å². The van der Waals surface area contributed by atoms with Gasteiger partial charge < -0.3 is 10.5 Å². The van der Waals surface area contributed by atoms with E-state index < -0.39 is 5.82 Å². The molecule has 0 atom stereocenters. The third-order valence-electron chi connectivity index (χ3n) is 2.40. The Bertz CT molecular complexity index is 597. The van der Waals surface area contributed by atoms with Crippen LogP contribution < -0.4 is 10.5 Å². The number of rotatable bonds is 3. The lowest BCUT2D eigenvalue weighted by Gasteiger charge is -2.11. The first-order valence-electron chi connectivity index (χ1n) is 5.28. The molecule has 0 saturated carbocycles. The highest BCUT2D eigenvalue weighted by Crippen LogP contribution is 2.33. The summed E-state index contributed by atoms with van der Waals surface area (Å²) in [7, 11) is 0. The quantitative estimate of drug-likeness (QED) is 0.771. The highest BCUT2D eigenvalue weighted by molar-refractivity contribution is 9.10. The van der Waals surface area contributed by atoms with E-state index in [1.54, 1.807) is 12.1 Å². The second-order valence-corrected chi connectivity index (χ2v) is 5.55. The van der Waals surface area contributed by atoms with E-state index in [-0.39, 0.29) is 18.1 Å². The molecular formula is C13H9Br2F2NO. The van der Waals surface area contributed by atoms with E-state index in [2.05, 4.69) is 31.9 Å². The molecule has 0 aliphatic rings. The molecule has 0 radical (unpaired) electrons. The number of benzene rings is 2. The minimum absolute atomic E-state index is 0.202. The molecule has 2 aromatic carbocycles. The van der Waals surface area contributed by atoms with Crippen LogP contribution in [0.25, 0.3) is 0 Å². The zero-order valence-electron chi connectivity index (χ0n) is 9.59. The van der Waals surface area contributed by atoms with Crippen molar-refractivity contribution >= 4 is 37.5 Å². The highest BCUT2D eigenvalue weighted by Gasteiger charge is 2.09. The maximum atomic E-state index is 13.1. The first-order valence-corrected chi connectivity index (χ1v) is 6.87. The maximum Gasteiger partial charge on any atom is 0.157 e. The van der Waals surface area contributed by atoms with Crippen molar-refractivity contribution in [2.24, 2.45) is 0 Å². The minimum Gasteiger partial charge on any atom is -0.486 e. The monoisotopic (exact) mass is 391 g/mol. The summed E-state index contributed by atoms with van der Waals surface area (Å²) in [6.45, 7) is 0.202. The zero-order valence-corrected chi connectivity index (χ0v) is 12.8. The van der Waals surface area contributed by atoms with Gasteiger partial charge in [-0.05, 0) is 55.6 Å². The topological polar surface area (TPSA) is 35.2 Å². The summed E-state index contributed by atoms with van der Waals surface area (Å²) in [5.74, 6) is -0.422. The number of nitrogen functional groups attached to an aromatic ring is 1. The number of halogens is 4. The summed E-state index contributed by atoms with van der Waals surface area (Å²) in [5.41, 5.74) is 6.65. The SMILES string of the molecule is Nc1cc(F)cc(Br)c1OCc1ccc(F)c(Br)c1. The molecular weight excluding hydrogens is 384 g/mol. The van der Waals surface area contributed by atoms with Crippen LogP contribution in [0.5, 0.6) is 5.75 Å². The van der Waals surface area contributed by atoms with Gasteiger partial charge in [-0.25, -0.2) is 8.78 Å². The molecule has 2 rings (SSSR count). The van der Waals surface area contributed by atoms with Gasteiger partial charge in [-0.1, -0.05) is 6.07 Å². The Hall–Kier alpha value is -1.14. The van der Waals surface area contributed by atoms with Crippen LogP contribution in [0.1, 0.15) is 5.56 Å². The summed E-state index contributed by atoms with van der Waals surface area (Å²) in [6.07, 6.45) is 0. The van der Waals surface area contributed by atoms with Crippen molar-refractivity contribution in [1.82, 2.24) is 0 Å². The van der Waals surface area contributed by atoms with E-state index in [0.717, 1.165) is 5.56 Å². The van der Waals surface area contributed by atoms with Crippen molar-refractivity contribution in [3.63, 3.8) is 0 Å². The van der Waals surface area contributed by atoms with Crippen LogP contribution in [0.2, 0.25) is 0 Å². The molecule has 0 spiro atoms. The summed E-state index contributed by atoms with van der Waals surface area (Å²) in [5, 5.41) is 0. The lowest BCUT2D eigenvalue weighted by atomic mass is 10.2. The van der Waals surface area contributed by atoms with Gasteiger partial charge in [0.1, 0.15) is 18.2 Å².